The predicted molar refractivity (Wildman–Crippen MR) is 149 cm³/mol. The number of likely N-dealkylation sites (N-methyl/N-ethyl adjacent to an activating group) is 1. The maximum absolute atomic E-state index is 14.0. The number of primary amides is 1. The van der Waals surface area contributed by atoms with Crippen LogP contribution in [0.4, 0.5) is 0 Å². The number of methoxy groups -OCH3 is 1. The summed E-state index contributed by atoms with van der Waals surface area (Å²) < 4.78 is 5.94. The topological polar surface area (TPSA) is 168 Å². The number of fused-ring (bicyclic) bond motifs is 3. The number of aliphatic hydroxyl groups is 1. The van der Waals surface area contributed by atoms with Gasteiger partial charge in [-0.05, 0) is 77.1 Å². The van der Waals surface area contributed by atoms with Crippen molar-refractivity contribution in [1.82, 2.24) is 9.80 Å². The molecular weight excluding hydrogens is 542 g/mol. The van der Waals surface area contributed by atoms with Gasteiger partial charge in [0.25, 0.3) is 0 Å². The van der Waals surface area contributed by atoms with Gasteiger partial charge in [-0.2, -0.15) is 0 Å². The summed E-state index contributed by atoms with van der Waals surface area (Å²) in [5.41, 5.74) is 3.95. The van der Waals surface area contributed by atoms with Crippen molar-refractivity contribution < 1.29 is 38.9 Å². The summed E-state index contributed by atoms with van der Waals surface area (Å²) in [6.45, 7) is 1.92. The van der Waals surface area contributed by atoms with Crippen LogP contribution in [-0.2, 0) is 25.6 Å². The van der Waals surface area contributed by atoms with Crippen LogP contribution in [0.5, 0.6) is 11.5 Å². The summed E-state index contributed by atoms with van der Waals surface area (Å²) in [6.07, 6.45) is 5.65. The molecule has 0 bridgehead atoms. The molecule has 1 saturated heterocycles. The SMILES string of the molecule is COc1c(C2CCCCN2CC2CC2)cc(O)c2c1CC1CC3C(N(C)C)C(=O)C(C(N)=O)C(=O)C3(O)C(=O)C1C2=O. The smallest absolute Gasteiger partial charge is 0.235 e. The number of hydrogen-bond donors (Lipinski definition) is 3. The van der Waals surface area contributed by atoms with E-state index in [4.69, 9.17) is 10.5 Å². The maximum Gasteiger partial charge on any atom is 0.235 e. The Hall–Kier alpha value is -3.15. The Labute approximate surface area is 244 Å². The molecule has 7 unspecified atom stereocenters. The van der Waals surface area contributed by atoms with Gasteiger partial charge in [0.2, 0.25) is 5.91 Å². The van der Waals surface area contributed by atoms with Crippen molar-refractivity contribution in [3.05, 3.63) is 22.8 Å². The molecule has 11 nitrogen and oxygen atoms in total. The Morgan fingerprint density at radius 1 is 1.14 bits per heavy atom. The van der Waals surface area contributed by atoms with E-state index in [1.165, 1.54) is 24.9 Å². The molecule has 1 aromatic carbocycles. The minimum atomic E-state index is -2.73. The van der Waals surface area contributed by atoms with Gasteiger partial charge in [-0.25, -0.2) is 0 Å². The Morgan fingerprint density at radius 2 is 1.86 bits per heavy atom. The predicted octanol–water partition coefficient (Wildman–Crippen LogP) is 0.813. The number of piperidine rings is 1. The third kappa shape index (κ3) is 4.15. The van der Waals surface area contributed by atoms with E-state index >= 15 is 0 Å². The minimum Gasteiger partial charge on any atom is -0.507 e. The molecule has 1 aliphatic heterocycles. The number of phenols is 1. The lowest BCUT2D eigenvalue weighted by Crippen LogP contribution is -2.74. The Kier molecular flexibility index (Phi) is 7.06. The van der Waals surface area contributed by atoms with Crippen LogP contribution < -0.4 is 10.5 Å². The number of carbonyl (C=O) groups is 5. The van der Waals surface area contributed by atoms with E-state index < -0.39 is 64.4 Å². The van der Waals surface area contributed by atoms with Gasteiger partial charge in [0.1, 0.15) is 11.5 Å². The van der Waals surface area contributed by atoms with Gasteiger partial charge in [-0.3, -0.25) is 33.8 Å². The van der Waals surface area contributed by atoms with E-state index in [0.29, 0.717) is 17.2 Å². The normalized spacial score (nSPS) is 35.1. The van der Waals surface area contributed by atoms with Crippen molar-refractivity contribution in [3.8, 4) is 11.5 Å². The van der Waals surface area contributed by atoms with Gasteiger partial charge in [0, 0.05) is 29.6 Å². The Balaban J connectivity index is 1.43. The molecule has 11 heteroatoms. The molecule has 1 aromatic rings. The summed E-state index contributed by atoms with van der Waals surface area (Å²) in [7, 11) is 4.68. The lowest BCUT2D eigenvalue weighted by Gasteiger charge is -2.52. The number of phenolic OH excluding ortho intramolecular Hbond substituents is 1. The fourth-order valence-corrected chi connectivity index (χ4v) is 8.36. The zero-order valence-electron chi connectivity index (χ0n) is 24.3. The van der Waals surface area contributed by atoms with E-state index in [9.17, 15) is 34.2 Å². The molecular formula is C31H39N3O8. The molecule has 1 amide bonds. The van der Waals surface area contributed by atoms with Crippen LogP contribution in [0.1, 0.15) is 66.1 Å². The highest BCUT2D eigenvalue weighted by Gasteiger charge is 2.69. The number of carbonyl (C=O) groups excluding carboxylic acids is 5. The number of likely N-dealkylation sites (tertiary alicyclic amines) is 1. The zero-order chi connectivity index (χ0) is 30.2. The maximum atomic E-state index is 14.0. The Bertz CT molecular complexity index is 1390. The molecule has 42 heavy (non-hydrogen) atoms. The van der Waals surface area contributed by atoms with Crippen LogP contribution in [0.3, 0.4) is 0 Å². The molecule has 226 valence electrons. The standard InChI is InChI=1S/C31H39N3O8/c1-33(2)24-18-11-15-10-17-22(25(36)21(15)28(38)31(18,41)29(39)23(26(24)37)30(32)40)20(35)12-16(27(17)42-3)19-6-4-5-9-34(19)13-14-7-8-14/h12,14-15,18-19,21,23-24,35,41H,4-11,13H2,1-3H3,(H2,32,40). The van der Waals surface area contributed by atoms with E-state index in [2.05, 4.69) is 4.90 Å². The second-order valence-corrected chi connectivity index (χ2v) is 13.1. The number of ketones is 4. The highest BCUT2D eigenvalue weighted by molar-refractivity contribution is 6.32. The molecule has 3 saturated carbocycles. The molecule has 0 aromatic heterocycles. The van der Waals surface area contributed by atoms with Gasteiger partial charge in [0.05, 0.1) is 24.6 Å². The molecule has 4 aliphatic carbocycles. The van der Waals surface area contributed by atoms with Crippen LogP contribution in [0.2, 0.25) is 0 Å². The van der Waals surface area contributed by atoms with Crippen LogP contribution >= 0.6 is 0 Å². The molecule has 4 N–H and O–H groups in total. The number of nitrogens with two attached hydrogens (primary N) is 1. The fraction of sp³-hybridized carbons (Fsp3) is 0.645. The van der Waals surface area contributed by atoms with E-state index in [-0.39, 0.29) is 30.2 Å². The number of amides is 1. The number of hydrogen-bond acceptors (Lipinski definition) is 10. The fourth-order valence-electron chi connectivity index (χ4n) is 8.36. The molecule has 1 heterocycles. The lowest BCUT2D eigenvalue weighted by atomic mass is 9.52. The van der Waals surface area contributed by atoms with E-state index in [1.807, 2.05) is 0 Å². The zero-order valence-corrected chi connectivity index (χ0v) is 24.3. The van der Waals surface area contributed by atoms with Crippen molar-refractivity contribution in [2.45, 2.75) is 62.6 Å². The second kappa shape index (κ2) is 10.2. The summed E-state index contributed by atoms with van der Waals surface area (Å²) in [4.78, 5) is 70.9. The van der Waals surface area contributed by atoms with Crippen molar-refractivity contribution in [2.24, 2.45) is 35.3 Å². The average Bonchev–Trinajstić information content (AvgIpc) is 3.74. The minimum absolute atomic E-state index is 0.00920. The second-order valence-electron chi connectivity index (χ2n) is 13.1. The first-order valence-electron chi connectivity index (χ1n) is 14.9. The van der Waals surface area contributed by atoms with Crippen molar-refractivity contribution in [3.63, 3.8) is 0 Å². The summed E-state index contributed by atoms with van der Waals surface area (Å²) in [6, 6.07) is 0.465. The monoisotopic (exact) mass is 581 g/mol. The van der Waals surface area contributed by atoms with Crippen molar-refractivity contribution in [2.75, 3.05) is 34.3 Å². The van der Waals surface area contributed by atoms with Gasteiger partial charge < -0.3 is 20.7 Å². The summed E-state index contributed by atoms with van der Waals surface area (Å²) in [5.74, 6) is -9.29. The molecule has 5 aliphatic rings. The van der Waals surface area contributed by atoms with Gasteiger partial charge in [0.15, 0.2) is 34.7 Å². The largest absolute Gasteiger partial charge is 0.507 e. The highest BCUT2D eigenvalue weighted by atomic mass is 16.5. The van der Waals surface area contributed by atoms with Crippen molar-refractivity contribution in [1.29, 1.82) is 0 Å². The average molecular weight is 582 g/mol. The van der Waals surface area contributed by atoms with E-state index in [0.717, 1.165) is 37.9 Å². The quantitative estimate of drug-likeness (QED) is 0.409. The van der Waals surface area contributed by atoms with Crippen LogP contribution in [-0.4, -0.2) is 95.0 Å². The molecule has 4 fully saturated rings. The number of aromatic hydroxyl groups is 1. The number of ether oxygens (including phenoxy) is 1. The van der Waals surface area contributed by atoms with Crippen molar-refractivity contribution >= 4 is 29.0 Å². The number of rotatable bonds is 6. The summed E-state index contributed by atoms with van der Waals surface area (Å²) >= 11 is 0. The third-order valence-corrected chi connectivity index (χ3v) is 10.4. The molecule has 0 radical (unpaired) electrons. The molecule has 6 rings (SSSR count). The van der Waals surface area contributed by atoms with Gasteiger partial charge >= 0.3 is 0 Å². The summed E-state index contributed by atoms with van der Waals surface area (Å²) in [5, 5.41) is 23.0. The van der Waals surface area contributed by atoms with Crippen LogP contribution in [0.25, 0.3) is 0 Å². The van der Waals surface area contributed by atoms with Gasteiger partial charge in [-0.15, -0.1) is 0 Å². The first kappa shape index (κ1) is 28.9. The first-order valence-corrected chi connectivity index (χ1v) is 14.9. The first-order chi connectivity index (χ1) is 19.9. The van der Waals surface area contributed by atoms with Crippen LogP contribution in [0.15, 0.2) is 6.07 Å². The molecule has 0 spiro atoms. The van der Waals surface area contributed by atoms with Crippen LogP contribution in [0, 0.1) is 29.6 Å². The lowest BCUT2D eigenvalue weighted by molar-refractivity contribution is -0.181. The molecule has 7 atom stereocenters. The van der Waals surface area contributed by atoms with E-state index in [1.54, 1.807) is 20.2 Å². The highest BCUT2D eigenvalue weighted by Crippen LogP contribution is 2.53. The Morgan fingerprint density at radius 3 is 2.48 bits per heavy atom. The number of nitrogens with zero attached hydrogens (tertiary/aromatic N) is 2. The third-order valence-electron chi connectivity index (χ3n) is 10.4. The van der Waals surface area contributed by atoms with Gasteiger partial charge in [-0.1, -0.05) is 6.42 Å². The number of Topliss-reactive ketones (excluding diaryl/α,β-unsaturated/α-hetero) is 4. The number of benzene rings is 1.